The van der Waals surface area contributed by atoms with Crippen molar-refractivity contribution in [2.75, 3.05) is 19.0 Å². The number of benzene rings is 2. The summed E-state index contributed by atoms with van der Waals surface area (Å²) in [6, 6.07) is 16.9. The van der Waals surface area contributed by atoms with E-state index >= 15 is 0 Å². The van der Waals surface area contributed by atoms with E-state index in [9.17, 15) is 4.79 Å². The lowest BCUT2D eigenvalue weighted by Gasteiger charge is -2.15. The second-order valence-electron chi connectivity index (χ2n) is 8.01. The van der Waals surface area contributed by atoms with Gasteiger partial charge in [0.2, 0.25) is 0 Å². The van der Waals surface area contributed by atoms with Gasteiger partial charge in [0.15, 0.2) is 5.82 Å². The highest BCUT2D eigenvalue weighted by Crippen LogP contribution is 2.31. The molecule has 0 aliphatic heterocycles. The molecule has 7 nitrogen and oxygen atoms in total. The van der Waals surface area contributed by atoms with Crippen LogP contribution in [0, 0.1) is 0 Å². The summed E-state index contributed by atoms with van der Waals surface area (Å²) in [5.41, 5.74) is 2.81. The number of carbonyl (C=O) groups is 1. The molecule has 7 heteroatoms. The SMILES string of the molecule is CCCCCCNC(=O)c1ccccc1Nc1nc(-c2cccnc2)nc2ccc(OC)cc12. The van der Waals surface area contributed by atoms with Gasteiger partial charge in [-0.1, -0.05) is 38.3 Å². The summed E-state index contributed by atoms with van der Waals surface area (Å²) in [6.45, 7) is 2.83. The van der Waals surface area contributed by atoms with Gasteiger partial charge in [-0.2, -0.15) is 0 Å². The Kier molecular flexibility index (Phi) is 7.65. The molecule has 2 aromatic carbocycles. The molecule has 4 aromatic rings. The smallest absolute Gasteiger partial charge is 0.253 e. The van der Waals surface area contributed by atoms with Gasteiger partial charge in [-0.25, -0.2) is 9.97 Å². The van der Waals surface area contributed by atoms with Crippen molar-refractivity contribution in [3.63, 3.8) is 0 Å². The minimum absolute atomic E-state index is 0.108. The zero-order chi connectivity index (χ0) is 23.8. The molecule has 0 aliphatic carbocycles. The van der Waals surface area contributed by atoms with E-state index in [-0.39, 0.29) is 5.91 Å². The van der Waals surface area contributed by atoms with E-state index in [1.54, 1.807) is 19.5 Å². The van der Waals surface area contributed by atoms with Gasteiger partial charge in [-0.05, 0) is 48.9 Å². The highest BCUT2D eigenvalue weighted by Gasteiger charge is 2.15. The van der Waals surface area contributed by atoms with Crippen LogP contribution in [-0.2, 0) is 0 Å². The first-order valence-electron chi connectivity index (χ1n) is 11.6. The van der Waals surface area contributed by atoms with Gasteiger partial charge in [0.05, 0.1) is 23.9 Å². The average Bonchev–Trinajstić information content (AvgIpc) is 2.89. The summed E-state index contributed by atoms with van der Waals surface area (Å²) in [6.07, 6.45) is 7.87. The molecule has 4 rings (SSSR count). The number of nitrogens with one attached hydrogen (secondary N) is 2. The minimum Gasteiger partial charge on any atom is -0.497 e. The Balaban J connectivity index is 1.68. The summed E-state index contributed by atoms with van der Waals surface area (Å²) in [7, 11) is 1.62. The molecule has 1 amide bonds. The third kappa shape index (κ3) is 5.49. The van der Waals surface area contributed by atoms with Gasteiger partial charge in [-0.3, -0.25) is 9.78 Å². The lowest BCUT2D eigenvalue weighted by atomic mass is 10.1. The van der Waals surface area contributed by atoms with Crippen molar-refractivity contribution in [2.24, 2.45) is 0 Å². The normalized spacial score (nSPS) is 10.8. The Morgan fingerprint density at radius 2 is 1.88 bits per heavy atom. The number of nitrogens with zero attached hydrogens (tertiary/aromatic N) is 3. The summed E-state index contributed by atoms with van der Waals surface area (Å²) in [4.78, 5) is 26.6. The third-order valence-corrected chi connectivity index (χ3v) is 5.56. The molecule has 0 fully saturated rings. The number of methoxy groups -OCH3 is 1. The number of unbranched alkanes of at least 4 members (excludes halogenated alkanes) is 3. The standard InChI is InChI=1S/C27H29N5O2/c1-3-4-5-8-16-29-27(33)21-11-6-7-12-23(21)31-26-22-17-20(34-2)13-14-24(22)30-25(32-26)19-10-9-15-28-18-19/h6-7,9-15,17-18H,3-5,8,16H2,1-2H3,(H,29,33)(H,30,31,32). The van der Waals surface area contributed by atoms with Crippen LogP contribution in [0.15, 0.2) is 67.0 Å². The molecule has 0 saturated heterocycles. The molecule has 0 saturated carbocycles. The predicted octanol–water partition coefficient (Wildman–Crippen LogP) is 5.75. The maximum Gasteiger partial charge on any atom is 0.253 e. The molecule has 2 aromatic heterocycles. The monoisotopic (exact) mass is 455 g/mol. The average molecular weight is 456 g/mol. The fraction of sp³-hybridized carbons (Fsp3) is 0.259. The fourth-order valence-corrected chi connectivity index (χ4v) is 3.72. The largest absolute Gasteiger partial charge is 0.497 e. The molecule has 0 atom stereocenters. The van der Waals surface area contributed by atoms with E-state index in [1.807, 2.05) is 54.6 Å². The lowest BCUT2D eigenvalue weighted by Crippen LogP contribution is -2.25. The molecule has 0 unspecified atom stereocenters. The Labute approximate surface area is 199 Å². The molecule has 0 bridgehead atoms. The fourth-order valence-electron chi connectivity index (χ4n) is 3.72. The van der Waals surface area contributed by atoms with E-state index in [1.165, 1.54) is 12.8 Å². The number of pyridine rings is 1. The molecular weight excluding hydrogens is 426 g/mol. The second-order valence-corrected chi connectivity index (χ2v) is 8.01. The number of rotatable bonds is 10. The van der Waals surface area contributed by atoms with Crippen molar-refractivity contribution in [3.05, 3.63) is 72.6 Å². The second kappa shape index (κ2) is 11.2. The number of aromatic nitrogens is 3. The van der Waals surface area contributed by atoms with Crippen LogP contribution in [0.2, 0.25) is 0 Å². The lowest BCUT2D eigenvalue weighted by molar-refractivity contribution is 0.0954. The number of amides is 1. The number of fused-ring (bicyclic) bond motifs is 1. The van der Waals surface area contributed by atoms with Gasteiger partial charge in [0, 0.05) is 29.9 Å². The Hall–Kier alpha value is -4.00. The minimum atomic E-state index is -0.108. The molecule has 34 heavy (non-hydrogen) atoms. The van der Waals surface area contributed by atoms with Crippen LogP contribution in [0.4, 0.5) is 11.5 Å². The zero-order valence-corrected chi connectivity index (χ0v) is 19.5. The van der Waals surface area contributed by atoms with Gasteiger partial charge >= 0.3 is 0 Å². The number of ether oxygens (including phenoxy) is 1. The topological polar surface area (TPSA) is 89.0 Å². The zero-order valence-electron chi connectivity index (χ0n) is 19.5. The van der Waals surface area contributed by atoms with Gasteiger partial charge in [0.1, 0.15) is 11.6 Å². The van der Waals surface area contributed by atoms with E-state index in [4.69, 9.17) is 14.7 Å². The Morgan fingerprint density at radius 1 is 1.00 bits per heavy atom. The van der Waals surface area contributed by atoms with Crippen molar-refractivity contribution in [3.8, 4) is 17.1 Å². The Morgan fingerprint density at radius 3 is 2.68 bits per heavy atom. The van der Waals surface area contributed by atoms with Crippen LogP contribution in [0.25, 0.3) is 22.3 Å². The quantitative estimate of drug-likeness (QED) is 0.296. The van der Waals surface area contributed by atoms with E-state index in [2.05, 4.69) is 22.5 Å². The number of anilines is 2. The summed E-state index contributed by atoms with van der Waals surface area (Å²) >= 11 is 0. The highest BCUT2D eigenvalue weighted by molar-refractivity contribution is 6.02. The number of hydrogen-bond donors (Lipinski definition) is 2. The van der Waals surface area contributed by atoms with Crippen molar-refractivity contribution in [2.45, 2.75) is 32.6 Å². The van der Waals surface area contributed by atoms with E-state index < -0.39 is 0 Å². The van der Waals surface area contributed by atoms with Crippen LogP contribution in [0.5, 0.6) is 5.75 Å². The van der Waals surface area contributed by atoms with E-state index in [0.717, 1.165) is 29.3 Å². The highest BCUT2D eigenvalue weighted by atomic mass is 16.5. The molecule has 0 spiro atoms. The number of carbonyl (C=O) groups excluding carboxylic acids is 1. The molecular formula is C27H29N5O2. The van der Waals surface area contributed by atoms with Crippen LogP contribution in [-0.4, -0.2) is 34.5 Å². The third-order valence-electron chi connectivity index (χ3n) is 5.56. The van der Waals surface area contributed by atoms with Crippen molar-refractivity contribution < 1.29 is 9.53 Å². The van der Waals surface area contributed by atoms with Crippen LogP contribution in [0.1, 0.15) is 43.0 Å². The summed E-state index contributed by atoms with van der Waals surface area (Å²) in [5.74, 6) is 1.73. The van der Waals surface area contributed by atoms with Crippen LogP contribution in [0.3, 0.4) is 0 Å². The predicted molar refractivity (Wildman–Crippen MR) is 136 cm³/mol. The first-order valence-corrected chi connectivity index (χ1v) is 11.6. The van der Waals surface area contributed by atoms with Crippen LogP contribution >= 0.6 is 0 Å². The number of hydrogen-bond acceptors (Lipinski definition) is 6. The molecule has 2 N–H and O–H groups in total. The molecule has 0 radical (unpaired) electrons. The maximum absolute atomic E-state index is 12.9. The first-order chi connectivity index (χ1) is 16.7. The maximum atomic E-state index is 12.9. The van der Waals surface area contributed by atoms with Crippen molar-refractivity contribution >= 4 is 28.3 Å². The van der Waals surface area contributed by atoms with Crippen LogP contribution < -0.4 is 15.4 Å². The Bertz CT molecular complexity index is 1260. The number of para-hydroxylation sites is 1. The summed E-state index contributed by atoms with van der Waals surface area (Å²) in [5, 5.41) is 7.21. The van der Waals surface area contributed by atoms with Crippen molar-refractivity contribution in [1.29, 1.82) is 0 Å². The van der Waals surface area contributed by atoms with E-state index in [0.29, 0.717) is 35.2 Å². The van der Waals surface area contributed by atoms with Crippen molar-refractivity contribution in [1.82, 2.24) is 20.3 Å². The van der Waals surface area contributed by atoms with Gasteiger partial charge in [-0.15, -0.1) is 0 Å². The van der Waals surface area contributed by atoms with Gasteiger partial charge in [0.25, 0.3) is 5.91 Å². The molecule has 174 valence electrons. The van der Waals surface area contributed by atoms with Gasteiger partial charge < -0.3 is 15.4 Å². The summed E-state index contributed by atoms with van der Waals surface area (Å²) < 4.78 is 5.42. The molecule has 2 heterocycles. The molecule has 0 aliphatic rings. The first kappa shape index (κ1) is 23.2.